The molecule has 3 aromatic rings. The van der Waals surface area contributed by atoms with Crippen molar-refractivity contribution in [3.05, 3.63) is 59.4 Å². The second-order valence-corrected chi connectivity index (χ2v) is 5.02. The standard InChI is InChI=1S/C17H15FN2O/c1-10-4-3-5-14(11(10)2)16-15(17(19)21-20-16)12-6-8-13(18)9-7-12/h3-9H,19H2,1-2H3. The van der Waals surface area contributed by atoms with Gasteiger partial charge in [0.2, 0.25) is 5.88 Å². The molecule has 0 aliphatic heterocycles. The maximum atomic E-state index is 13.1. The van der Waals surface area contributed by atoms with E-state index in [1.54, 1.807) is 12.1 Å². The Hall–Kier alpha value is -2.62. The van der Waals surface area contributed by atoms with E-state index in [9.17, 15) is 4.39 Å². The van der Waals surface area contributed by atoms with E-state index < -0.39 is 0 Å². The van der Waals surface area contributed by atoms with E-state index >= 15 is 0 Å². The Balaban J connectivity index is 2.22. The summed E-state index contributed by atoms with van der Waals surface area (Å²) in [6, 6.07) is 12.1. The van der Waals surface area contributed by atoms with E-state index in [1.807, 2.05) is 32.0 Å². The SMILES string of the molecule is Cc1cccc(-c2noc(N)c2-c2ccc(F)cc2)c1C. The first-order chi connectivity index (χ1) is 10.1. The van der Waals surface area contributed by atoms with Gasteiger partial charge in [-0.15, -0.1) is 0 Å². The lowest BCUT2D eigenvalue weighted by Gasteiger charge is -2.08. The van der Waals surface area contributed by atoms with Gasteiger partial charge in [0.25, 0.3) is 0 Å². The van der Waals surface area contributed by atoms with E-state index in [2.05, 4.69) is 5.16 Å². The lowest BCUT2D eigenvalue weighted by Crippen LogP contribution is -1.91. The van der Waals surface area contributed by atoms with Gasteiger partial charge in [0, 0.05) is 5.56 Å². The van der Waals surface area contributed by atoms with Gasteiger partial charge < -0.3 is 10.3 Å². The van der Waals surface area contributed by atoms with Crippen molar-refractivity contribution in [2.75, 3.05) is 5.73 Å². The van der Waals surface area contributed by atoms with Gasteiger partial charge in [-0.3, -0.25) is 0 Å². The number of hydrogen-bond acceptors (Lipinski definition) is 3. The van der Waals surface area contributed by atoms with Crippen molar-refractivity contribution in [1.29, 1.82) is 0 Å². The van der Waals surface area contributed by atoms with E-state index in [1.165, 1.54) is 17.7 Å². The molecule has 21 heavy (non-hydrogen) atoms. The van der Waals surface area contributed by atoms with Gasteiger partial charge in [-0.2, -0.15) is 0 Å². The van der Waals surface area contributed by atoms with Crippen LogP contribution >= 0.6 is 0 Å². The maximum absolute atomic E-state index is 13.1. The van der Waals surface area contributed by atoms with Gasteiger partial charge in [0.05, 0.1) is 5.56 Å². The van der Waals surface area contributed by atoms with Crippen LogP contribution in [0.1, 0.15) is 11.1 Å². The molecule has 4 heteroatoms. The minimum absolute atomic E-state index is 0.234. The first-order valence-electron chi connectivity index (χ1n) is 6.65. The fourth-order valence-electron chi connectivity index (χ4n) is 2.39. The van der Waals surface area contributed by atoms with Gasteiger partial charge in [0.15, 0.2) is 0 Å². The molecule has 0 aliphatic carbocycles. The smallest absolute Gasteiger partial charge is 0.230 e. The molecule has 0 saturated carbocycles. The molecule has 1 heterocycles. The van der Waals surface area contributed by atoms with Crippen LogP contribution < -0.4 is 5.73 Å². The quantitative estimate of drug-likeness (QED) is 0.760. The highest BCUT2D eigenvalue weighted by atomic mass is 19.1. The number of aryl methyl sites for hydroxylation is 1. The van der Waals surface area contributed by atoms with E-state index in [0.717, 1.165) is 16.7 Å². The molecule has 106 valence electrons. The highest BCUT2D eigenvalue weighted by Crippen LogP contribution is 2.37. The van der Waals surface area contributed by atoms with Gasteiger partial charge in [-0.05, 0) is 42.7 Å². The number of aromatic nitrogens is 1. The van der Waals surface area contributed by atoms with Crippen LogP contribution in [-0.2, 0) is 0 Å². The Morgan fingerprint density at radius 2 is 1.76 bits per heavy atom. The van der Waals surface area contributed by atoms with Crippen LogP contribution in [0.25, 0.3) is 22.4 Å². The second-order valence-electron chi connectivity index (χ2n) is 5.02. The van der Waals surface area contributed by atoms with Crippen LogP contribution in [0.15, 0.2) is 47.0 Å². The van der Waals surface area contributed by atoms with Crippen LogP contribution in [0, 0.1) is 19.7 Å². The third kappa shape index (κ3) is 2.29. The Morgan fingerprint density at radius 3 is 2.48 bits per heavy atom. The highest BCUT2D eigenvalue weighted by molar-refractivity contribution is 5.87. The molecule has 3 rings (SSSR count). The minimum Gasteiger partial charge on any atom is -0.367 e. The fraction of sp³-hybridized carbons (Fsp3) is 0.118. The number of nitrogens with zero attached hydrogens (tertiary/aromatic N) is 1. The Labute approximate surface area is 122 Å². The van der Waals surface area contributed by atoms with Crippen LogP contribution in [0.3, 0.4) is 0 Å². The van der Waals surface area contributed by atoms with E-state index in [-0.39, 0.29) is 11.7 Å². The van der Waals surface area contributed by atoms with Gasteiger partial charge in [-0.25, -0.2) is 4.39 Å². The summed E-state index contributed by atoms with van der Waals surface area (Å²) < 4.78 is 18.3. The van der Waals surface area contributed by atoms with Gasteiger partial charge in [-0.1, -0.05) is 35.5 Å². The molecule has 2 aromatic carbocycles. The van der Waals surface area contributed by atoms with Crippen molar-refractivity contribution in [1.82, 2.24) is 5.16 Å². The van der Waals surface area contributed by atoms with Crippen LogP contribution in [0.5, 0.6) is 0 Å². The zero-order valence-corrected chi connectivity index (χ0v) is 11.9. The molecule has 0 bridgehead atoms. The molecule has 1 aromatic heterocycles. The molecule has 0 amide bonds. The normalized spacial score (nSPS) is 10.8. The summed E-state index contributed by atoms with van der Waals surface area (Å²) in [5, 5.41) is 4.09. The highest BCUT2D eigenvalue weighted by Gasteiger charge is 2.19. The molecule has 3 nitrogen and oxygen atoms in total. The average Bonchev–Trinajstić information content (AvgIpc) is 2.85. The summed E-state index contributed by atoms with van der Waals surface area (Å²) in [4.78, 5) is 0. The number of nitrogen functional groups attached to an aromatic ring is 1. The van der Waals surface area contributed by atoms with Crippen molar-refractivity contribution >= 4 is 5.88 Å². The van der Waals surface area contributed by atoms with Crippen LogP contribution in [0.2, 0.25) is 0 Å². The summed E-state index contributed by atoms with van der Waals surface area (Å²) >= 11 is 0. The first-order valence-corrected chi connectivity index (χ1v) is 6.65. The fourth-order valence-corrected chi connectivity index (χ4v) is 2.39. The number of nitrogens with two attached hydrogens (primary N) is 1. The topological polar surface area (TPSA) is 52.0 Å². The molecule has 0 saturated heterocycles. The van der Waals surface area contributed by atoms with Gasteiger partial charge in [0.1, 0.15) is 11.5 Å². The molecule has 0 radical (unpaired) electrons. The summed E-state index contributed by atoms with van der Waals surface area (Å²) in [5.41, 5.74) is 11.3. The van der Waals surface area contributed by atoms with Crippen molar-refractivity contribution in [3.63, 3.8) is 0 Å². The zero-order chi connectivity index (χ0) is 15.0. The summed E-state index contributed by atoms with van der Waals surface area (Å²) in [7, 11) is 0. The van der Waals surface area contributed by atoms with E-state index in [4.69, 9.17) is 10.3 Å². The zero-order valence-electron chi connectivity index (χ0n) is 11.9. The van der Waals surface area contributed by atoms with Gasteiger partial charge >= 0.3 is 0 Å². The molecular formula is C17H15FN2O. The molecular weight excluding hydrogens is 267 g/mol. The predicted octanol–water partition coefficient (Wildman–Crippen LogP) is 4.35. The summed E-state index contributed by atoms with van der Waals surface area (Å²) in [6.07, 6.45) is 0. The number of benzene rings is 2. The molecule has 0 atom stereocenters. The van der Waals surface area contributed by atoms with Crippen molar-refractivity contribution in [2.24, 2.45) is 0 Å². The third-order valence-corrected chi connectivity index (χ3v) is 3.71. The molecule has 2 N–H and O–H groups in total. The largest absolute Gasteiger partial charge is 0.367 e. The molecule has 0 fully saturated rings. The number of rotatable bonds is 2. The maximum Gasteiger partial charge on any atom is 0.230 e. The number of hydrogen-bond donors (Lipinski definition) is 1. The number of halogens is 1. The predicted molar refractivity (Wildman–Crippen MR) is 81.2 cm³/mol. The molecule has 0 unspecified atom stereocenters. The van der Waals surface area contributed by atoms with Crippen molar-refractivity contribution in [3.8, 4) is 22.4 Å². The monoisotopic (exact) mass is 282 g/mol. The molecule has 0 aliphatic rings. The van der Waals surface area contributed by atoms with Crippen molar-refractivity contribution in [2.45, 2.75) is 13.8 Å². The lowest BCUT2D eigenvalue weighted by molar-refractivity contribution is 0.439. The summed E-state index contributed by atoms with van der Waals surface area (Å²) in [6.45, 7) is 4.07. The number of anilines is 1. The Kier molecular flexibility index (Phi) is 3.22. The first kappa shape index (κ1) is 13.4. The van der Waals surface area contributed by atoms with Crippen LogP contribution in [-0.4, -0.2) is 5.16 Å². The second kappa shape index (κ2) is 5.05. The Morgan fingerprint density at radius 1 is 1.05 bits per heavy atom. The average molecular weight is 282 g/mol. The lowest BCUT2D eigenvalue weighted by atomic mass is 9.96. The summed E-state index contributed by atoms with van der Waals surface area (Å²) in [5.74, 6) is -0.0559. The molecule has 0 spiro atoms. The van der Waals surface area contributed by atoms with Crippen LogP contribution in [0.4, 0.5) is 10.3 Å². The van der Waals surface area contributed by atoms with E-state index in [0.29, 0.717) is 11.3 Å². The third-order valence-electron chi connectivity index (χ3n) is 3.71. The Bertz CT molecular complexity index is 791. The minimum atomic E-state index is -0.290. The van der Waals surface area contributed by atoms with Crippen molar-refractivity contribution < 1.29 is 8.91 Å².